The average Bonchev–Trinajstić information content (AvgIpc) is 3.27. The fourth-order valence-electron chi connectivity index (χ4n) is 2.32. The third-order valence-corrected chi connectivity index (χ3v) is 7.34. The summed E-state index contributed by atoms with van der Waals surface area (Å²) in [4.78, 5) is 13.8. The SMILES string of the molecule is O=C(NCc1cccs1)c1cc(S(=O)(=O)N2CCCC2)cs1. The van der Waals surface area contributed by atoms with Crippen LogP contribution in [0.1, 0.15) is 27.4 Å². The average molecular weight is 356 g/mol. The Morgan fingerprint density at radius 2 is 2.05 bits per heavy atom. The lowest BCUT2D eigenvalue weighted by atomic mass is 10.4. The van der Waals surface area contributed by atoms with Crippen molar-refractivity contribution in [3.8, 4) is 0 Å². The van der Waals surface area contributed by atoms with Crippen LogP contribution < -0.4 is 5.32 Å². The molecule has 0 aromatic carbocycles. The van der Waals surface area contributed by atoms with Crippen molar-refractivity contribution >= 4 is 38.6 Å². The van der Waals surface area contributed by atoms with Crippen molar-refractivity contribution in [3.63, 3.8) is 0 Å². The Hall–Kier alpha value is -1.22. The summed E-state index contributed by atoms with van der Waals surface area (Å²) in [5.74, 6) is -0.235. The van der Waals surface area contributed by atoms with Crippen molar-refractivity contribution in [1.29, 1.82) is 0 Å². The van der Waals surface area contributed by atoms with Gasteiger partial charge in [0.2, 0.25) is 10.0 Å². The van der Waals surface area contributed by atoms with Crippen molar-refractivity contribution < 1.29 is 13.2 Å². The van der Waals surface area contributed by atoms with Crippen molar-refractivity contribution in [3.05, 3.63) is 38.7 Å². The Morgan fingerprint density at radius 1 is 1.27 bits per heavy atom. The molecule has 0 spiro atoms. The number of nitrogens with one attached hydrogen (secondary N) is 1. The third-order valence-electron chi connectivity index (χ3n) is 3.51. The third kappa shape index (κ3) is 3.24. The predicted octanol–water partition coefficient (Wildman–Crippen LogP) is 2.52. The van der Waals surface area contributed by atoms with E-state index in [4.69, 9.17) is 0 Å². The number of amides is 1. The molecule has 0 atom stereocenters. The standard InChI is InChI=1S/C14H16N2O3S3/c17-14(15-9-11-4-3-7-20-11)13-8-12(10-21-13)22(18,19)16-5-1-2-6-16/h3-4,7-8,10H,1-2,5-6,9H2,(H,15,17). The number of thiophene rings is 2. The molecule has 5 nitrogen and oxygen atoms in total. The van der Waals surface area contributed by atoms with Gasteiger partial charge in [-0.2, -0.15) is 4.31 Å². The van der Waals surface area contributed by atoms with Gasteiger partial charge in [0.15, 0.2) is 0 Å². The van der Waals surface area contributed by atoms with E-state index >= 15 is 0 Å². The molecule has 0 bridgehead atoms. The fourth-order valence-corrected chi connectivity index (χ4v) is 5.66. The van der Waals surface area contributed by atoms with Gasteiger partial charge in [-0.25, -0.2) is 8.42 Å². The van der Waals surface area contributed by atoms with Crippen LogP contribution in [0.3, 0.4) is 0 Å². The van der Waals surface area contributed by atoms with E-state index in [0.29, 0.717) is 24.5 Å². The lowest BCUT2D eigenvalue weighted by Gasteiger charge is -2.13. The molecule has 1 aliphatic rings. The van der Waals surface area contributed by atoms with Crippen molar-refractivity contribution in [2.45, 2.75) is 24.3 Å². The number of hydrogen-bond donors (Lipinski definition) is 1. The van der Waals surface area contributed by atoms with Crippen molar-refractivity contribution in [1.82, 2.24) is 9.62 Å². The van der Waals surface area contributed by atoms with E-state index in [-0.39, 0.29) is 10.8 Å². The zero-order chi connectivity index (χ0) is 15.6. The van der Waals surface area contributed by atoms with Crippen LogP contribution in [0.2, 0.25) is 0 Å². The van der Waals surface area contributed by atoms with E-state index in [9.17, 15) is 13.2 Å². The maximum atomic E-state index is 12.4. The van der Waals surface area contributed by atoms with E-state index in [0.717, 1.165) is 17.7 Å². The van der Waals surface area contributed by atoms with Crippen molar-refractivity contribution in [2.24, 2.45) is 0 Å². The highest BCUT2D eigenvalue weighted by atomic mass is 32.2. The van der Waals surface area contributed by atoms with Gasteiger partial charge < -0.3 is 5.32 Å². The molecule has 2 aromatic heterocycles. The molecule has 3 heterocycles. The number of rotatable bonds is 5. The molecule has 1 saturated heterocycles. The van der Waals surface area contributed by atoms with Gasteiger partial charge >= 0.3 is 0 Å². The first-order valence-corrected chi connectivity index (χ1v) is 10.2. The first-order valence-electron chi connectivity index (χ1n) is 6.96. The first kappa shape index (κ1) is 15.7. The summed E-state index contributed by atoms with van der Waals surface area (Å²) < 4.78 is 26.3. The topological polar surface area (TPSA) is 66.5 Å². The number of sulfonamides is 1. The number of carbonyl (C=O) groups excluding carboxylic acids is 1. The van der Waals surface area contributed by atoms with Crippen LogP contribution in [0.15, 0.2) is 33.9 Å². The predicted molar refractivity (Wildman–Crippen MR) is 87.8 cm³/mol. The zero-order valence-electron chi connectivity index (χ0n) is 11.8. The molecule has 0 saturated carbocycles. The minimum atomic E-state index is -3.44. The van der Waals surface area contributed by atoms with Crippen LogP contribution in [0.5, 0.6) is 0 Å². The second kappa shape index (κ2) is 6.49. The van der Waals surface area contributed by atoms with Gasteiger partial charge in [0.1, 0.15) is 0 Å². The molecular weight excluding hydrogens is 340 g/mol. The Bertz CT molecular complexity index is 744. The van der Waals surface area contributed by atoms with Gasteiger partial charge in [0.25, 0.3) is 5.91 Å². The molecule has 0 unspecified atom stereocenters. The van der Waals surface area contributed by atoms with Crippen LogP contribution in [-0.2, 0) is 16.6 Å². The molecule has 0 radical (unpaired) electrons. The molecular formula is C14H16N2O3S3. The summed E-state index contributed by atoms with van der Waals surface area (Å²) >= 11 is 2.74. The normalized spacial score (nSPS) is 16.0. The van der Waals surface area contributed by atoms with E-state index in [1.807, 2.05) is 17.5 Å². The van der Waals surface area contributed by atoms with Gasteiger partial charge in [-0.1, -0.05) is 6.07 Å². The summed E-state index contributed by atoms with van der Waals surface area (Å²) in [6.07, 6.45) is 1.80. The minimum Gasteiger partial charge on any atom is -0.346 e. The molecule has 0 aliphatic carbocycles. The second-order valence-corrected chi connectivity index (χ2v) is 8.90. The summed E-state index contributed by atoms with van der Waals surface area (Å²) in [5.41, 5.74) is 0. The Morgan fingerprint density at radius 3 is 2.73 bits per heavy atom. The summed E-state index contributed by atoms with van der Waals surface area (Å²) in [6.45, 7) is 1.60. The lowest BCUT2D eigenvalue weighted by molar-refractivity contribution is 0.0955. The van der Waals surface area contributed by atoms with Crippen molar-refractivity contribution in [2.75, 3.05) is 13.1 Å². The van der Waals surface area contributed by atoms with Crippen LogP contribution in [0, 0.1) is 0 Å². The molecule has 3 rings (SSSR count). The second-order valence-electron chi connectivity index (χ2n) is 5.02. The summed E-state index contributed by atoms with van der Waals surface area (Å²) in [6, 6.07) is 5.35. The highest BCUT2D eigenvalue weighted by Gasteiger charge is 2.28. The summed E-state index contributed by atoms with van der Waals surface area (Å²) in [5, 5.41) is 6.31. The molecule has 2 aromatic rings. The van der Waals surface area contributed by atoms with Gasteiger partial charge in [0.05, 0.1) is 16.3 Å². The summed E-state index contributed by atoms with van der Waals surface area (Å²) in [7, 11) is -3.44. The highest BCUT2D eigenvalue weighted by Crippen LogP contribution is 2.25. The number of hydrogen-bond acceptors (Lipinski definition) is 5. The number of nitrogens with zero attached hydrogens (tertiary/aromatic N) is 1. The highest BCUT2D eigenvalue weighted by molar-refractivity contribution is 7.89. The quantitative estimate of drug-likeness (QED) is 0.895. The molecule has 1 amide bonds. The zero-order valence-corrected chi connectivity index (χ0v) is 14.3. The molecule has 1 fully saturated rings. The van der Waals surface area contributed by atoms with Gasteiger partial charge in [0, 0.05) is 23.3 Å². The van der Waals surface area contributed by atoms with E-state index in [2.05, 4.69) is 5.32 Å². The van der Waals surface area contributed by atoms with E-state index in [1.54, 1.807) is 16.7 Å². The Labute approximate surface area is 137 Å². The lowest BCUT2D eigenvalue weighted by Crippen LogP contribution is -2.27. The van der Waals surface area contributed by atoms with Gasteiger partial charge in [-0.05, 0) is 30.4 Å². The fraction of sp³-hybridized carbons (Fsp3) is 0.357. The van der Waals surface area contributed by atoms with Crippen LogP contribution >= 0.6 is 22.7 Å². The van der Waals surface area contributed by atoms with Crippen LogP contribution in [0.4, 0.5) is 0 Å². The number of carbonyl (C=O) groups is 1. The maximum Gasteiger partial charge on any atom is 0.261 e. The van der Waals surface area contributed by atoms with E-state index in [1.165, 1.54) is 21.7 Å². The Balaban J connectivity index is 1.69. The van der Waals surface area contributed by atoms with Gasteiger partial charge in [-0.15, -0.1) is 22.7 Å². The molecule has 8 heteroatoms. The minimum absolute atomic E-state index is 0.223. The Kier molecular flexibility index (Phi) is 4.62. The molecule has 22 heavy (non-hydrogen) atoms. The van der Waals surface area contributed by atoms with E-state index < -0.39 is 10.0 Å². The largest absolute Gasteiger partial charge is 0.346 e. The molecule has 1 aliphatic heterocycles. The maximum absolute atomic E-state index is 12.4. The van der Waals surface area contributed by atoms with Crippen LogP contribution in [-0.4, -0.2) is 31.7 Å². The molecule has 1 N–H and O–H groups in total. The smallest absolute Gasteiger partial charge is 0.261 e. The monoisotopic (exact) mass is 356 g/mol. The molecule has 118 valence electrons. The van der Waals surface area contributed by atoms with Gasteiger partial charge in [-0.3, -0.25) is 4.79 Å². The van der Waals surface area contributed by atoms with Crippen LogP contribution in [0.25, 0.3) is 0 Å². The first-order chi connectivity index (χ1) is 10.6.